The number of esters is 3. The third kappa shape index (κ3) is 26.5. The second-order valence-electron chi connectivity index (χ2n) is 31.5. The Bertz CT molecular complexity index is 5400. The maximum atomic E-state index is 13.0. The van der Waals surface area contributed by atoms with Crippen LogP contribution in [0.4, 0.5) is 0 Å². The molecular weight excluding hydrogens is 1500 g/mol. The summed E-state index contributed by atoms with van der Waals surface area (Å²) in [6, 6.07) is 85.6. The van der Waals surface area contributed by atoms with Crippen molar-refractivity contribution >= 4 is 89.9 Å². The van der Waals surface area contributed by atoms with Crippen LogP contribution in [0.1, 0.15) is 178 Å². The molecule has 2 fully saturated rings. The van der Waals surface area contributed by atoms with Crippen molar-refractivity contribution in [2.75, 3.05) is 32.8 Å². The fourth-order valence-corrected chi connectivity index (χ4v) is 15.9. The standard InChI is InChI=1S/C28H31NO3.C27H29NO3.C25H27NO3.C24H25NO3/c29-19-26(27(30)17-21-10-11-22-8-4-5-9-24(22)16-21)23-12-14-25(15-13-23)32-28(31)18-20-6-2-1-3-7-20;28-18-25(26(29)16-20-9-10-21-7-3-4-8-23(21)15-20)22-11-13-24(14-12-22)31-27(30)17-19-5-1-2-6-19;1-2-5-22(27)17-29-23-12-10-20(11-13-23)24(16-26)25(28)15-18-8-9-19-6-3-4-7-21(19)14-18;1-2-5-24(27)28-21-12-10-19(11-13-21)22(16-25)23(26)15-17-8-9-18-6-3-4-7-20(18)14-17/h4-5,8-16,20,26H,1-3,6-7,17-19,29H2;3-4,7-15,19,25H,1-2,5-6,16-18,28H2;3-4,6-14,24H,2,5,15-17,26H2,1H3;3-4,6-14,22H,2,5,15-16,25H2,1H3. The molecule has 2 aliphatic carbocycles. The first kappa shape index (κ1) is 88.9. The summed E-state index contributed by atoms with van der Waals surface area (Å²) in [5, 5.41) is 9.13. The van der Waals surface area contributed by atoms with Crippen LogP contribution in [0, 0.1) is 11.8 Å². The number of fused-ring (bicyclic) bond motifs is 4. The largest absolute Gasteiger partial charge is 0.486 e. The molecule has 620 valence electrons. The van der Waals surface area contributed by atoms with Gasteiger partial charge in [-0.3, -0.25) is 38.4 Å². The zero-order valence-electron chi connectivity index (χ0n) is 69.0. The predicted octanol–water partition coefficient (Wildman–Crippen LogP) is 19.6. The van der Waals surface area contributed by atoms with Crippen LogP contribution in [0.5, 0.6) is 23.0 Å². The minimum Gasteiger partial charge on any atom is -0.486 e. The first-order chi connectivity index (χ1) is 58.4. The quantitative estimate of drug-likeness (QED) is 0.0215. The molecule has 0 aromatic heterocycles. The Balaban J connectivity index is 0.000000157. The van der Waals surface area contributed by atoms with Gasteiger partial charge in [0.15, 0.2) is 5.78 Å². The van der Waals surface area contributed by atoms with Crippen molar-refractivity contribution in [2.45, 2.75) is 160 Å². The molecule has 16 heteroatoms. The zero-order chi connectivity index (χ0) is 84.5. The molecule has 12 aromatic carbocycles. The molecule has 0 amide bonds. The van der Waals surface area contributed by atoms with E-state index in [2.05, 4.69) is 60.7 Å². The summed E-state index contributed by atoms with van der Waals surface area (Å²) in [6.45, 7) is 4.95. The molecular formula is C104H112N4O12. The number of hydrogen-bond acceptors (Lipinski definition) is 16. The van der Waals surface area contributed by atoms with Crippen molar-refractivity contribution < 1.29 is 57.3 Å². The first-order valence-electron chi connectivity index (χ1n) is 42.4. The van der Waals surface area contributed by atoms with Crippen molar-refractivity contribution in [3.05, 3.63) is 311 Å². The Morgan fingerprint density at radius 3 is 0.833 bits per heavy atom. The van der Waals surface area contributed by atoms with E-state index in [1.807, 2.05) is 172 Å². The lowest BCUT2D eigenvalue weighted by atomic mass is 9.87. The Labute approximate surface area is 704 Å². The van der Waals surface area contributed by atoms with Crippen molar-refractivity contribution in [3.8, 4) is 23.0 Å². The fraction of sp³-hybridized carbons (Fsp3) is 0.308. The minimum atomic E-state index is -0.383. The van der Waals surface area contributed by atoms with Crippen LogP contribution in [-0.2, 0) is 64.0 Å². The smallest absolute Gasteiger partial charge is 0.311 e. The van der Waals surface area contributed by atoms with Crippen LogP contribution < -0.4 is 41.9 Å². The number of carbonyl (C=O) groups excluding carboxylic acids is 8. The van der Waals surface area contributed by atoms with E-state index < -0.39 is 0 Å². The Morgan fingerprint density at radius 2 is 0.558 bits per heavy atom. The molecule has 2 saturated carbocycles. The monoisotopic (exact) mass is 1610 g/mol. The molecule has 2 aliphatic rings. The number of Topliss-reactive ketones (excluding diaryl/α,β-unsaturated/α-hetero) is 5. The number of hydrogen-bond donors (Lipinski definition) is 4. The van der Waals surface area contributed by atoms with Gasteiger partial charge in [0.1, 0.15) is 52.7 Å². The second-order valence-corrected chi connectivity index (χ2v) is 31.5. The van der Waals surface area contributed by atoms with Gasteiger partial charge in [-0.25, -0.2) is 0 Å². The topological polar surface area (TPSA) is 278 Å². The lowest BCUT2D eigenvalue weighted by molar-refractivity contribution is -0.136. The van der Waals surface area contributed by atoms with Gasteiger partial charge < -0.3 is 41.9 Å². The average molecular weight is 1610 g/mol. The fourth-order valence-electron chi connectivity index (χ4n) is 15.9. The highest BCUT2D eigenvalue weighted by molar-refractivity contribution is 5.94. The van der Waals surface area contributed by atoms with E-state index in [-0.39, 0.29) is 103 Å². The molecule has 0 saturated heterocycles. The van der Waals surface area contributed by atoms with Crippen molar-refractivity contribution in [1.29, 1.82) is 0 Å². The van der Waals surface area contributed by atoms with E-state index in [0.717, 1.165) is 126 Å². The van der Waals surface area contributed by atoms with Crippen LogP contribution in [0.15, 0.2) is 267 Å². The number of rotatable bonds is 34. The number of ether oxygens (including phenoxy) is 4. The highest BCUT2D eigenvalue weighted by Crippen LogP contribution is 2.33. The SMILES string of the molecule is CCCC(=O)COc1ccc(C(CN)C(=O)Cc2ccc3ccccc3c2)cc1.CCCC(=O)Oc1ccc(C(CN)C(=O)Cc2ccc3ccccc3c2)cc1.NCC(C(=O)Cc1ccc2ccccc2c1)c1ccc(OC(=O)CC2CCCC2)cc1.NCC(C(=O)Cc1ccc2ccccc2c1)c1ccc(OC(=O)CC2CCCCC2)cc1. The molecule has 120 heavy (non-hydrogen) atoms. The summed E-state index contributed by atoms with van der Waals surface area (Å²) < 4.78 is 21.8. The van der Waals surface area contributed by atoms with Gasteiger partial charge in [0.25, 0.3) is 0 Å². The molecule has 16 nitrogen and oxygen atoms in total. The predicted molar refractivity (Wildman–Crippen MR) is 479 cm³/mol. The van der Waals surface area contributed by atoms with Gasteiger partial charge in [-0.05, 0) is 186 Å². The van der Waals surface area contributed by atoms with Crippen LogP contribution >= 0.6 is 0 Å². The molecule has 0 spiro atoms. The molecule has 4 atom stereocenters. The van der Waals surface area contributed by atoms with Gasteiger partial charge in [-0.1, -0.05) is 264 Å². The maximum Gasteiger partial charge on any atom is 0.311 e. The van der Waals surface area contributed by atoms with Gasteiger partial charge in [-0.2, -0.15) is 0 Å². The second kappa shape index (κ2) is 45.9. The number of benzene rings is 12. The molecule has 0 heterocycles. The Kier molecular flexibility index (Phi) is 34.0. The van der Waals surface area contributed by atoms with Crippen LogP contribution in [0.2, 0.25) is 0 Å². The summed E-state index contributed by atoms with van der Waals surface area (Å²) >= 11 is 0. The van der Waals surface area contributed by atoms with Gasteiger partial charge >= 0.3 is 17.9 Å². The summed E-state index contributed by atoms with van der Waals surface area (Å²) in [5.41, 5.74) is 31.1. The molecule has 0 radical (unpaired) electrons. The summed E-state index contributed by atoms with van der Waals surface area (Å²) in [5.74, 6) is 1.37. The average Bonchev–Trinajstić information content (AvgIpc) is 0.944. The Hall–Kier alpha value is -11.9. The molecule has 4 unspecified atom stereocenters. The van der Waals surface area contributed by atoms with E-state index >= 15 is 0 Å². The number of carbonyl (C=O) groups is 8. The molecule has 0 aliphatic heterocycles. The van der Waals surface area contributed by atoms with Crippen molar-refractivity contribution in [2.24, 2.45) is 34.8 Å². The zero-order valence-corrected chi connectivity index (χ0v) is 69.0. The minimum absolute atomic E-state index is 0.0773. The molecule has 12 aromatic rings. The first-order valence-corrected chi connectivity index (χ1v) is 42.4. The van der Waals surface area contributed by atoms with Crippen LogP contribution in [0.3, 0.4) is 0 Å². The van der Waals surface area contributed by atoms with Gasteiger partial charge in [0.05, 0.1) is 23.7 Å². The van der Waals surface area contributed by atoms with Crippen LogP contribution in [0.25, 0.3) is 43.1 Å². The summed E-state index contributed by atoms with van der Waals surface area (Å²) in [7, 11) is 0. The molecule has 0 bridgehead atoms. The number of ketones is 5. The molecule has 14 rings (SSSR count). The highest BCUT2D eigenvalue weighted by atomic mass is 16.5. The lowest BCUT2D eigenvalue weighted by Crippen LogP contribution is -2.23. The van der Waals surface area contributed by atoms with Gasteiger partial charge in [0.2, 0.25) is 0 Å². The van der Waals surface area contributed by atoms with Gasteiger partial charge in [-0.15, -0.1) is 0 Å². The number of nitrogens with two attached hydrogens (primary N) is 4. The molecule has 8 N–H and O–H groups in total. The van der Waals surface area contributed by atoms with Gasteiger partial charge in [0, 0.05) is 77.5 Å². The third-order valence-corrected chi connectivity index (χ3v) is 22.6. The maximum absolute atomic E-state index is 13.0. The van der Waals surface area contributed by atoms with Crippen molar-refractivity contribution in [1.82, 2.24) is 0 Å². The third-order valence-electron chi connectivity index (χ3n) is 22.6. The van der Waals surface area contributed by atoms with E-state index in [9.17, 15) is 38.4 Å². The van der Waals surface area contributed by atoms with E-state index in [1.54, 1.807) is 48.5 Å². The highest BCUT2D eigenvalue weighted by Gasteiger charge is 2.26. The summed E-state index contributed by atoms with van der Waals surface area (Å²) in [4.78, 5) is 99.3. The van der Waals surface area contributed by atoms with E-state index in [1.165, 1.54) is 32.1 Å². The summed E-state index contributed by atoms with van der Waals surface area (Å²) in [6.07, 6.45) is 15.4. The van der Waals surface area contributed by atoms with Crippen LogP contribution in [-0.4, -0.2) is 79.6 Å². The normalized spacial score (nSPS) is 13.7. The Morgan fingerprint density at radius 1 is 0.300 bits per heavy atom. The van der Waals surface area contributed by atoms with Crippen molar-refractivity contribution in [3.63, 3.8) is 0 Å². The lowest BCUT2D eigenvalue weighted by Gasteiger charge is -2.20. The van der Waals surface area contributed by atoms with E-state index in [4.69, 9.17) is 41.9 Å². The van der Waals surface area contributed by atoms with E-state index in [0.29, 0.717) is 86.2 Å².